The van der Waals surface area contributed by atoms with Gasteiger partial charge in [0.15, 0.2) is 24.3 Å². The van der Waals surface area contributed by atoms with Crippen molar-refractivity contribution in [2.24, 2.45) is 0 Å². The minimum atomic E-state index is -1.80. The zero-order valence-electron chi connectivity index (χ0n) is 38.9. The van der Waals surface area contributed by atoms with Crippen molar-refractivity contribution in [2.45, 2.75) is 189 Å². The van der Waals surface area contributed by atoms with Gasteiger partial charge >= 0.3 is 36.7 Å². The van der Waals surface area contributed by atoms with Gasteiger partial charge in [0.25, 0.3) is 5.56 Å². The number of carbonyl (C=O) groups excluding carboxylic acids is 6. The van der Waals surface area contributed by atoms with Crippen molar-refractivity contribution in [2.75, 3.05) is 22.1 Å². The van der Waals surface area contributed by atoms with Crippen LogP contribution >= 0.6 is 0 Å². The van der Waals surface area contributed by atoms with Gasteiger partial charge in [0.2, 0.25) is 5.95 Å². The Bertz CT molecular complexity index is 1920. The number of rotatable bonds is 5. The molecule has 0 bridgehead atoms. The molecule has 22 heteroatoms. The first-order chi connectivity index (χ1) is 27.8. The average molecular weight is 886 g/mol. The fraction of sp³-hybridized carbons (Fsp3) is 0.750. The number of anilines is 3. The maximum absolute atomic E-state index is 14.7. The molecule has 350 valence electrons. The summed E-state index contributed by atoms with van der Waals surface area (Å²) < 4.78 is 56.6. The average Bonchev–Trinajstić information content (AvgIpc) is 2.99. The number of fused-ring (bicyclic) bond motifs is 2. The summed E-state index contributed by atoms with van der Waals surface area (Å²) in [6.07, 6.45) is -14.3. The van der Waals surface area contributed by atoms with Crippen molar-refractivity contribution in [3.05, 3.63) is 10.4 Å². The second kappa shape index (κ2) is 18.1. The van der Waals surface area contributed by atoms with Gasteiger partial charge in [0, 0.05) is 0 Å². The normalized spacial score (nSPS) is 20.5. The van der Waals surface area contributed by atoms with Crippen LogP contribution in [0.25, 0.3) is 0 Å². The summed E-state index contributed by atoms with van der Waals surface area (Å²) in [6.45, 7) is 27.3. The van der Waals surface area contributed by atoms with Crippen molar-refractivity contribution in [1.82, 2.24) is 9.55 Å². The summed E-state index contributed by atoms with van der Waals surface area (Å²) in [5.74, 6) is -1.31. The highest BCUT2D eigenvalue weighted by molar-refractivity contribution is 5.95. The first-order valence-electron chi connectivity index (χ1n) is 19.8. The number of nitrogens with zero attached hydrogens (tertiary/aromatic N) is 3. The van der Waals surface area contributed by atoms with Crippen LogP contribution in [-0.2, 0) is 47.4 Å². The fourth-order valence-electron chi connectivity index (χ4n) is 5.47. The number of ether oxygens (including phenoxy) is 10. The second-order valence-electron chi connectivity index (χ2n) is 20.3. The Balaban J connectivity index is 2.43. The van der Waals surface area contributed by atoms with E-state index < -0.39 is 131 Å². The van der Waals surface area contributed by atoms with Gasteiger partial charge in [-0.3, -0.25) is 10.1 Å². The highest BCUT2D eigenvalue weighted by Crippen LogP contribution is 2.40. The topological polar surface area (TPSA) is 257 Å². The quantitative estimate of drug-likeness (QED) is 0.218. The Labute approximate surface area is 360 Å². The second-order valence-corrected chi connectivity index (χ2v) is 20.3. The van der Waals surface area contributed by atoms with Crippen molar-refractivity contribution in [1.29, 1.82) is 0 Å². The molecule has 1 saturated heterocycles. The highest BCUT2D eigenvalue weighted by Gasteiger charge is 2.58. The van der Waals surface area contributed by atoms with Crippen molar-refractivity contribution < 1.29 is 76.1 Å². The molecule has 1 aromatic heterocycles. The van der Waals surface area contributed by atoms with Crippen LogP contribution in [0.3, 0.4) is 0 Å². The third kappa shape index (κ3) is 15.1. The molecular formula is C40H63N5O17. The van der Waals surface area contributed by atoms with Gasteiger partial charge < -0.3 is 52.7 Å². The van der Waals surface area contributed by atoms with Crippen molar-refractivity contribution in [3.8, 4) is 0 Å². The molecule has 0 unspecified atom stereocenters. The Morgan fingerprint density at radius 2 is 1.05 bits per heavy atom. The molecule has 0 aromatic carbocycles. The van der Waals surface area contributed by atoms with Crippen LogP contribution < -0.4 is 21.1 Å². The molecule has 2 N–H and O–H groups in total. The van der Waals surface area contributed by atoms with Crippen LogP contribution in [0.15, 0.2) is 4.79 Å². The fourth-order valence-corrected chi connectivity index (χ4v) is 5.47. The monoisotopic (exact) mass is 885 g/mol. The Hall–Kier alpha value is -5.54. The third-order valence-electron chi connectivity index (χ3n) is 7.30. The third-order valence-corrected chi connectivity index (χ3v) is 7.30. The number of carbonyl (C=O) groups is 6. The summed E-state index contributed by atoms with van der Waals surface area (Å²) in [7, 11) is 0. The van der Waals surface area contributed by atoms with Crippen LogP contribution in [-0.4, -0.2) is 117 Å². The van der Waals surface area contributed by atoms with E-state index in [0.717, 1.165) is 4.90 Å². The Kier molecular flexibility index (Phi) is 14.8. The number of hydrogen-bond donors (Lipinski definition) is 2. The van der Waals surface area contributed by atoms with Crippen LogP contribution in [0.1, 0.15) is 125 Å². The van der Waals surface area contributed by atoms with Crippen LogP contribution in [0.5, 0.6) is 0 Å². The summed E-state index contributed by atoms with van der Waals surface area (Å²) in [5.41, 5.74) is -8.50. The Morgan fingerprint density at radius 1 is 0.613 bits per heavy atom. The standard InChI is InChI=1S/C40H63N5O17/c1-35(2,3)57-29(47)43-28-42-25-22(26(46)45(28)31(49)59-37(7,8)9)41-21-24(56-34(52)62-40(16,17)18)23(55-33(51)61-39(13,14)15)20(19-53-32(50)60-38(10,11)12)54-27(21)44(25)30(48)58-36(4,5)6/h20-21,23-24,27,41H,19H2,1-18H3,(H,42,43,47)/t20-,21+,23+,24-,27-/m1/s1. The molecule has 5 atom stereocenters. The van der Waals surface area contributed by atoms with Gasteiger partial charge in [-0.05, 0) is 125 Å². The molecule has 2 aliphatic heterocycles. The summed E-state index contributed by atoms with van der Waals surface area (Å²) in [6, 6.07) is -1.61. The van der Waals surface area contributed by atoms with E-state index in [1.54, 1.807) is 104 Å². The van der Waals surface area contributed by atoms with Crippen LogP contribution in [0.2, 0.25) is 0 Å². The number of nitrogens with one attached hydrogen (secondary N) is 2. The van der Waals surface area contributed by atoms with E-state index in [1.807, 2.05) is 0 Å². The number of hydrogen-bond acceptors (Lipinski definition) is 19. The van der Waals surface area contributed by atoms with E-state index >= 15 is 0 Å². The van der Waals surface area contributed by atoms with Crippen LogP contribution in [0, 0.1) is 0 Å². The summed E-state index contributed by atoms with van der Waals surface area (Å²) in [4.78, 5) is 101. The van der Waals surface area contributed by atoms with Gasteiger partial charge in [-0.15, -0.1) is 0 Å². The van der Waals surface area contributed by atoms with Gasteiger partial charge in [0.1, 0.15) is 58.0 Å². The predicted octanol–water partition coefficient (Wildman–Crippen LogP) is 7.23. The molecule has 22 nitrogen and oxygen atoms in total. The zero-order chi connectivity index (χ0) is 47.7. The largest absolute Gasteiger partial charge is 0.509 e. The first-order valence-corrected chi connectivity index (χ1v) is 19.8. The van der Waals surface area contributed by atoms with E-state index in [0.29, 0.717) is 4.57 Å². The molecule has 0 spiro atoms. The molecule has 1 aromatic rings. The first kappa shape index (κ1) is 50.8. The van der Waals surface area contributed by atoms with Gasteiger partial charge in [0.05, 0.1) is 0 Å². The van der Waals surface area contributed by atoms with E-state index in [1.165, 1.54) is 20.8 Å². The summed E-state index contributed by atoms with van der Waals surface area (Å²) in [5, 5.41) is 5.14. The van der Waals surface area contributed by atoms with Gasteiger partial charge in [-0.25, -0.2) is 33.7 Å². The molecule has 1 fully saturated rings. The summed E-state index contributed by atoms with van der Waals surface area (Å²) >= 11 is 0. The lowest BCUT2D eigenvalue weighted by atomic mass is 9.93. The molecule has 0 saturated carbocycles. The van der Waals surface area contributed by atoms with Crippen LogP contribution in [0.4, 0.5) is 46.2 Å². The molecule has 3 rings (SSSR count). The van der Waals surface area contributed by atoms with E-state index in [-0.39, 0.29) is 0 Å². The highest BCUT2D eigenvalue weighted by atomic mass is 16.8. The molecule has 0 aliphatic carbocycles. The number of amides is 2. The zero-order valence-corrected chi connectivity index (χ0v) is 38.9. The van der Waals surface area contributed by atoms with E-state index in [4.69, 9.17) is 47.4 Å². The molecule has 2 amide bonds. The smallest absolute Gasteiger partial charge is 0.444 e. The lowest BCUT2D eigenvalue weighted by Crippen LogP contribution is -2.70. The maximum atomic E-state index is 14.7. The molecule has 0 radical (unpaired) electrons. The van der Waals surface area contributed by atoms with E-state index in [9.17, 15) is 33.6 Å². The van der Waals surface area contributed by atoms with E-state index in [2.05, 4.69) is 15.6 Å². The molecule has 3 heterocycles. The lowest BCUT2D eigenvalue weighted by molar-refractivity contribution is -0.202. The maximum Gasteiger partial charge on any atom is 0.509 e. The van der Waals surface area contributed by atoms with Gasteiger partial charge in [-0.2, -0.15) is 9.55 Å². The number of aromatic nitrogens is 2. The minimum absolute atomic E-state index is 0.383. The van der Waals surface area contributed by atoms with Gasteiger partial charge in [-0.1, -0.05) is 0 Å². The SMILES string of the molecule is CC(C)(C)OC(=O)Nc1nc2c(c(=O)n1C(=O)OC(C)(C)C)N[C@H]1[C@@H](OC(=O)OC(C)(C)C)[C@@H](OC(=O)OC(C)(C)C)[C@@H](COC(=O)OC(C)(C)C)O[C@H]1N2C(=O)OC(C)(C)C. The molecule has 62 heavy (non-hydrogen) atoms. The van der Waals surface area contributed by atoms with Crippen molar-refractivity contribution in [3.63, 3.8) is 0 Å². The predicted molar refractivity (Wildman–Crippen MR) is 219 cm³/mol. The molecular weight excluding hydrogens is 822 g/mol. The lowest BCUT2D eigenvalue weighted by Gasteiger charge is -2.50. The molecule has 2 aliphatic rings. The Morgan fingerprint density at radius 3 is 1.52 bits per heavy atom. The minimum Gasteiger partial charge on any atom is -0.444 e. The van der Waals surface area contributed by atoms with Crippen molar-refractivity contribution >= 4 is 54.2 Å².